The van der Waals surface area contributed by atoms with Crippen LogP contribution in [0.1, 0.15) is 48.7 Å². The number of aliphatic carboxylic acids is 1. The summed E-state index contributed by atoms with van der Waals surface area (Å²) in [6.45, 7) is 3.73. The molecule has 0 aliphatic rings. The standard InChI is InChI=1S/C14H19NO4/c1-3-11(15-12(4-2)14(18)19)9-6-5-7-10(8-9)13(16)17/h5-8,11-12,15H,3-4H2,1-2H3,(H,16,17)(H,18,19). The summed E-state index contributed by atoms with van der Waals surface area (Å²) in [6, 6.07) is 5.79. The topological polar surface area (TPSA) is 86.6 Å². The number of hydrogen-bond acceptors (Lipinski definition) is 3. The second-order valence-electron chi connectivity index (χ2n) is 4.36. The van der Waals surface area contributed by atoms with Crippen LogP contribution in [-0.2, 0) is 4.79 Å². The number of aromatic carboxylic acids is 1. The van der Waals surface area contributed by atoms with E-state index < -0.39 is 18.0 Å². The second kappa shape index (κ2) is 6.89. The normalized spacial score (nSPS) is 13.8. The molecule has 0 aromatic heterocycles. The largest absolute Gasteiger partial charge is 0.480 e. The molecule has 1 aromatic rings. The van der Waals surface area contributed by atoms with Gasteiger partial charge in [-0.1, -0.05) is 26.0 Å². The minimum absolute atomic E-state index is 0.166. The van der Waals surface area contributed by atoms with Gasteiger partial charge in [0.15, 0.2) is 0 Å². The van der Waals surface area contributed by atoms with Gasteiger partial charge in [0.25, 0.3) is 0 Å². The maximum absolute atomic E-state index is 11.0. The summed E-state index contributed by atoms with van der Waals surface area (Å²) in [5.74, 6) is -1.88. The van der Waals surface area contributed by atoms with Crippen molar-refractivity contribution in [2.45, 2.75) is 38.8 Å². The van der Waals surface area contributed by atoms with Crippen LogP contribution >= 0.6 is 0 Å². The van der Waals surface area contributed by atoms with Crippen LogP contribution in [0.3, 0.4) is 0 Å². The number of benzene rings is 1. The SMILES string of the molecule is CCC(NC(CC)c1cccc(C(=O)O)c1)C(=O)O. The first kappa shape index (κ1) is 15.2. The number of carbonyl (C=O) groups is 2. The van der Waals surface area contributed by atoms with Gasteiger partial charge in [-0.15, -0.1) is 0 Å². The molecule has 0 bridgehead atoms. The summed E-state index contributed by atoms with van der Waals surface area (Å²) in [5.41, 5.74) is 1.00. The summed E-state index contributed by atoms with van der Waals surface area (Å²) < 4.78 is 0. The first-order valence-corrected chi connectivity index (χ1v) is 6.31. The minimum atomic E-state index is -0.984. The maximum atomic E-state index is 11.0. The Kier molecular flexibility index (Phi) is 5.51. The summed E-state index contributed by atoms with van der Waals surface area (Å²) >= 11 is 0. The molecule has 1 rings (SSSR count). The molecule has 0 saturated carbocycles. The Morgan fingerprint density at radius 3 is 2.37 bits per heavy atom. The molecular weight excluding hydrogens is 246 g/mol. The maximum Gasteiger partial charge on any atom is 0.335 e. The van der Waals surface area contributed by atoms with Crippen molar-refractivity contribution in [3.05, 3.63) is 35.4 Å². The Morgan fingerprint density at radius 1 is 1.21 bits per heavy atom. The monoisotopic (exact) mass is 265 g/mol. The van der Waals surface area contributed by atoms with E-state index in [4.69, 9.17) is 10.2 Å². The third kappa shape index (κ3) is 4.06. The van der Waals surface area contributed by atoms with Gasteiger partial charge in [-0.3, -0.25) is 10.1 Å². The van der Waals surface area contributed by atoms with Crippen molar-refractivity contribution in [1.82, 2.24) is 5.32 Å². The van der Waals surface area contributed by atoms with Gasteiger partial charge in [0, 0.05) is 6.04 Å². The zero-order valence-corrected chi connectivity index (χ0v) is 11.1. The van der Waals surface area contributed by atoms with E-state index in [1.165, 1.54) is 6.07 Å². The van der Waals surface area contributed by atoms with Crippen molar-refractivity contribution < 1.29 is 19.8 Å². The summed E-state index contributed by atoms with van der Waals surface area (Å²) in [7, 11) is 0. The number of nitrogens with one attached hydrogen (secondary N) is 1. The second-order valence-corrected chi connectivity index (χ2v) is 4.36. The molecule has 0 heterocycles. The Hall–Kier alpha value is -1.88. The van der Waals surface area contributed by atoms with E-state index in [9.17, 15) is 9.59 Å². The van der Waals surface area contributed by atoms with Gasteiger partial charge in [0.2, 0.25) is 0 Å². The van der Waals surface area contributed by atoms with Crippen molar-refractivity contribution >= 4 is 11.9 Å². The Balaban J connectivity index is 2.93. The highest BCUT2D eigenvalue weighted by atomic mass is 16.4. The quantitative estimate of drug-likeness (QED) is 0.704. The van der Waals surface area contributed by atoms with Crippen LogP contribution in [0.15, 0.2) is 24.3 Å². The molecule has 19 heavy (non-hydrogen) atoms. The van der Waals surface area contributed by atoms with Crippen LogP contribution < -0.4 is 5.32 Å². The van der Waals surface area contributed by atoms with Crippen LogP contribution in [0.5, 0.6) is 0 Å². The summed E-state index contributed by atoms with van der Waals surface area (Å²) in [4.78, 5) is 22.0. The minimum Gasteiger partial charge on any atom is -0.480 e. The molecule has 1 aromatic carbocycles. The lowest BCUT2D eigenvalue weighted by Crippen LogP contribution is -2.38. The van der Waals surface area contributed by atoms with Gasteiger partial charge >= 0.3 is 11.9 Å². The van der Waals surface area contributed by atoms with Crippen LogP contribution in [0.25, 0.3) is 0 Å². The average molecular weight is 265 g/mol. The third-order valence-corrected chi connectivity index (χ3v) is 3.05. The van der Waals surface area contributed by atoms with E-state index in [2.05, 4.69) is 5.32 Å². The van der Waals surface area contributed by atoms with Gasteiger partial charge in [-0.25, -0.2) is 4.79 Å². The number of hydrogen-bond donors (Lipinski definition) is 3. The molecule has 2 atom stereocenters. The molecule has 0 aliphatic carbocycles. The smallest absolute Gasteiger partial charge is 0.335 e. The zero-order valence-electron chi connectivity index (χ0n) is 11.1. The molecule has 5 nitrogen and oxygen atoms in total. The molecule has 2 unspecified atom stereocenters. The van der Waals surface area contributed by atoms with Gasteiger partial charge < -0.3 is 10.2 Å². The van der Waals surface area contributed by atoms with E-state index in [0.29, 0.717) is 12.8 Å². The zero-order chi connectivity index (χ0) is 14.4. The fourth-order valence-corrected chi connectivity index (χ4v) is 1.94. The van der Waals surface area contributed by atoms with Crippen molar-refractivity contribution in [2.75, 3.05) is 0 Å². The Labute approximate surface area is 112 Å². The average Bonchev–Trinajstić information content (AvgIpc) is 2.39. The highest BCUT2D eigenvalue weighted by molar-refractivity contribution is 5.87. The van der Waals surface area contributed by atoms with Crippen molar-refractivity contribution in [3.63, 3.8) is 0 Å². The molecule has 0 saturated heterocycles. The lowest BCUT2D eigenvalue weighted by atomic mass is 10.0. The molecule has 0 fully saturated rings. The van der Waals surface area contributed by atoms with E-state index in [1.807, 2.05) is 13.0 Å². The molecule has 3 N–H and O–H groups in total. The van der Waals surface area contributed by atoms with Crippen LogP contribution in [0.4, 0.5) is 0 Å². The van der Waals surface area contributed by atoms with Crippen molar-refractivity contribution in [1.29, 1.82) is 0 Å². The first-order chi connectivity index (χ1) is 8.99. The fraction of sp³-hybridized carbons (Fsp3) is 0.429. The summed E-state index contributed by atoms with van der Waals surface area (Å²) in [5, 5.41) is 21.1. The van der Waals surface area contributed by atoms with Gasteiger partial charge in [-0.2, -0.15) is 0 Å². The van der Waals surface area contributed by atoms with Gasteiger partial charge in [-0.05, 0) is 30.5 Å². The number of rotatable bonds is 7. The Bertz CT molecular complexity index is 459. The van der Waals surface area contributed by atoms with Crippen LogP contribution in [0.2, 0.25) is 0 Å². The van der Waals surface area contributed by atoms with Gasteiger partial charge in [0.1, 0.15) is 6.04 Å². The predicted molar refractivity (Wildman–Crippen MR) is 71.3 cm³/mol. The lowest BCUT2D eigenvalue weighted by molar-refractivity contribution is -0.139. The molecule has 0 aliphatic heterocycles. The van der Waals surface area contributed by atoms with E-state index >= 15 is 0 Å². The van der Waals surface area contributed by atoms with Crippen molar-refractivity contribution in [2.24, 2.45) is 0 Å². The molecule has 0 radical (unpaired) electrons. The highest BCUT2D eigenvalue weighted by Gasteiger charge is 2.20. The number of carboxylic acid groups (broad SMARTS) is 2. The van der Waals surface area contributed by atoms with Crippen LogP contribution in [-0.4, -0.2) is 28.2 Å². The molecule has 104 valence electrons. The number of carboxylic acids is 2. The molecule has 0 spiro atoms. The Morgan fingerprint density at radius 2 is 1.89 bits per heavy atom. The van der Waals surface area contributed by atoms with E-state index in [1.54, 1.807) is 19.1 Å². The first-order valence-electron chi connectivity index (χ1n) is 6.31. The van der Waals surface area contributed by atoms with E-state index in [-0.39, 0.29) is 11.6 Å². The predicted octanol–water partition coefficient (Wildman–Crippen LogP) is 2.29. The van der Waals surface area contributed by atoms with Crippen molar-refractivity contribution in [3.8, 4) is 0 Å². The fourth-order valence-electron chi connectivity index (χ4n) is 1.94. The molecule has 5 heteroatoms. The van der Waals surface area contributed by atoms with Crippen LogP contribution in [0, 0.1) is 0 Å². The van der Waals surface area contributed by atoms with E-state index in [0.717, 1.165) is 5.56 Å². The summed E-state index contributed by atoms with van der Waals surface area (Å²) in [6.07, 6.45) is 1.16. The third-order valence-electron chi connectivity index (χ3n) is 3.05. The lowest BCUT2D eigenvalue weighted by Gasteiger charge is -2.22. The highest BCUT2D eigenvalue weighted by Crippen LogP contribution is 2.19. The van der Waals surface area contributed by atoms with Gasteiger partial charge in [0.05, 0.1) is 5.56 Å². The molecule has 0 amide bonds. The molecular formula is C14H19NO4.